The van der Waals surface area contributed by atoms with Crippen molar-refractivity contribution in [1.82, 2.24) is 0 Å². The summed E-state index contributed by atoms with van der Waals surface area (Å²) in [6, 6.07) is 5.63. The minimum Gasteiger partial charge on any atom is -0.459 e. The number of benzene rings is 1. The van der Waals surface area contributed by atoms with E-state index in [9.17, 15) is 4.79 Å². The van der Waals surface area contributed by atoms with Crippen molar-refractivity contribution in [2.24, 2.45) is 16.7 Å². The normalized spacial score (nSPS) is 32.5. The SMILES string of the molecule is CC1(C)C2CCC1(C)C(OC(=O)C=Cc1ccc3c(c1)OCO3)C2. The summed E-state index contributed by atoms with van der Waals surface area (Å²) in [4.78, 5) is 12.3. The van der Waals surface area contributed by atoms with E-state index in [1.807, 2.05) is 18.2 Å². The molecule has 2 bridgehead atoms. The Morgan fingerprint density at radius 1 is 1.25 bits per heavy atom. The summed E-state index contributed by atoms with van der Waals surface area (Å²) < 4.78 is 16.5. The molecular weight excluding hydrogens is 304 g/mol. The summed E-state index contributed by atoms with van der Waals surface area (Å²) in [5, 5.41) is 0. The minimum absolute atomic E-state index is 0.0279. The first-order valence-corrected chi connectivity index (χ1v) is 8.68. The molecule has 2 aliphatic carbocycles. The number of hydrogen-bond acceptors (Lipinski definition) is 4. The van der Waals surface area contributed by atoms with Gasteiger partial charge in [0.1, 0.15) is 6.10 Å². The molecular formula is C20H24O4. The van der Waals surface area contributed by atoms with Crippen molar-refractivity contribution in [3.8, 4) is 11.5 Å². The molecule has 24 heavy (non-hydrogen) atoms. The highest BCUT2D eigenvalue weighted by molar-refractivity contribution is 5.87. The van der Waals surface area contributed by atoms with Crippen LogP contribution < -0.4 is 9.47 Å². The topological polar surface area (TPSA) is 44.8 Å². The molecule has 128 valence electrons. The Balaban J connectivity index is 1.43. The maximum absolute atomic E-state index is 12.3. The predicted octanol–water partition coefficient (Wildman–Crippen LogP) is 4.19. The van der Waals surface area contributed by atoms with Gasteiger partial charge in [-0.15, -0.1) is 0 Å². The van der Waals surface area contributed by atoms with Gasteiger partial charge in [-0.3, -0.25) is 0 Å². The third-order valence-electron chi connectivity index (χ3n) is 6.78. The molecule has 0 aromatic heterocycles. The fraction of sp³-hybridized carbons (Fsp3) is 0.550. The standard InChI is InChI=1S/C20H24O4/c1-19(2)14-8-9-20(19,3)17(11-14)24-18(21)7-5-13-4-6-15-16(10-13)23-12-22-15/h4-7,10,14,17H,8-9,11-12H2,1-3H3. The smallest absolute Gasteiger partial charge is 0.331 e. The van der Waals surface area contributed by atoms with E-state index in [0.717, 1.165) is 24.2 Å². The maximum atomic E-state index is 12.3. The van der Waals surface area contributed by atoms with Crippen molar-refractivity contribution in [3.63, 3.8) is 0 Å². The van der Waals surface area contributed by atoms with Gasteiger partial charge < -0.3 is 14.2 Å². The van der Waals surface area contributed by atoms with Crippen LogP contribution in [0.2, 0.25) is 0 Å². The highest BCUT2D eigenvalue weighted by Crippen LogP contribution is 2.66. The lowest BCUT2D eigenvalue weighted by atomic mass is 9.70. The summed E-state index contributed by atoms with van der Waals surface area (Å²) in [6.07, 6.45) is 6.71. The van der Waals surface area contributed by atoms with Crippen LogP contribution >= 0.6 is 0 Å². The van der Waals surface area contributed by atoms with Crippen molar-refractivity contribution >= 4 is 12.0 Å². The Kier molecular flexibility index (Phi) is 3.41. The zero-order valence-electron chi connectivity index (χ0n) is 14.5. The zero-order chi connectivity index (χ0) is 16.9. The van der Waals surface area contributed by atoms with Gasteiger partial charge in [0, 0.05) is 11.5 Å². The molecule has 1 aromatic rings. The quantitative estimate of drug-likeness (QED) is 0.616. The number of carbonyl (C=O) groups is 1. The lowest BCUT2D eigenvalue weighted by molar-refractivity contribution is -0.150. The molecule has 4 heteroatoms. The van der Waals surface area contributed by atoms with E-state index in [2.05, 4.69) is 20.8 Å². The Hall–Kier alpha value is -1.97. The molecule has 0 spiro atoms. The van der Waals surface area contributed by atoms with Gasteiger partial charge in [-0.1, -0.05) is 26.8 Å². The van der Waals surface area contributed by atoms with Crippen LogP contribution in [0.5, 0.6) is 11.5 Å². The van der Waals surface area contributed by atoms with Crippen LogP contribution in [-0.2, 0) is 9.53 Å². The van der Waals surface area contributed by atoms with E-state index >= 15 is 0 Å². The van der Waals surface area contributed by atoms with E-state index in [-0.39, 0.29) is 29.7 Å². The van der Waals surface area contributed by atoms with E-state index < -0.39 is 0 Å². The fourth-order valence-electron chi connectivity index (χ4n) is 4.67. The maximum Gasteiger partial charge on any atom is 0.331 e. The molecule has 3 unspecified atom stereocenters. The van der Waals surface area contributed by atoms with Gasteiger partial charge in [0.2, 0.25) is 6.79 Å². The second-order valence-corrected chi connectivity index (χ2v) is 7.98. The number of esters is 1. The van der Waals surface area contributed by atoms with Gasteiger partial charge in [-0.2, -0.15) is 0 Å². The van der Waals surface area contributed by atoms with Crippen LogP contribution in [0.4, 0.5) is 0 Å². The lowest BCUT2D eigenvalue weighted by Crippen LogP contribution is -2.38. The number of fused-ring (bicyclic) bond motifs is 3. The van der Waals surface area contributed by atoms with Gasteiger partial charge in [0.05, 0.1) is 0 Å². The highest BCUT2D eigenvalue weighted by Gasteiger charge is 2.62. The molecule has 0 radical (unpaired) electrons. The Morgan fingerprint density at radius 2 is 2.04 bits per heavy atom. The molecule has 4 rings (SSSR count). The first-order chi connectivity index (χ1) is 11.4. The molecule has 0 N–H and O–H groups in total. The van der Waals surface area contributed by atoms with E-state index in [4.69, 9.17) is 14.2 Å². The first kappa shape index (κ1) is 15.6. The summed E-state index contributed by atoms with van der Waals surface area (Å²) in [5.74, 6) is 1.86. The van der Waals surface area contributed by atoms with Gasteiger partial charge in [-0.05, 0) is 54.4 Å². The molecule has 2 fully saturated rings. The van der Waals surface area contributed by atoms with Crippen LogP contribution in [0.1, 0.15) is 45.6 Å². The molecule has 4 nitrogen and oxygen atoms in total. The molecule has 3 atom stereocenters. The van der Waals surface area contributed by atoms with Crippen molar-refractivity contribution in [2.45, 2.75) is 46.1 Å². The van der Waals surface area contributed by atoms with E-state index in [1.54, 1.807) is 6.08 Å². The predicted molar refractivity (Wildman–Crippen MR) is 90.7 cm³/mol. The number of hydrogen-bond donors (Lipinski definition) is 0. The second-order valence-electron chi connectivity index (χ2n) is 7.98. The van der Waals surface area contributed by atoms with Crippen LogP contribution in [0.25, 0.3) is 6.08 Å². The average Bonchev–Trinajstić information content (AvgIpc) is 3.15. The molecule has 0 amide bonds. The molecule has 2 saturated carbocycles. The summed E-state index contributed by atoms with van der Waals surface area (Å²) in [5.41, 5.74) is 1.24. The van der Waals surface area contributed by atoms with Gasteiger partial charge in [0.25, 0.3) is 0 Å². The Bertz CT molecular complexity index is 706. The fourth-order valence-corrected chi connectivity index (χ4v) is 4.67. The summed E-state index contributed by atoms with van der Waals surface area (Å²) >= 11 is 0. The van der Waals surface area contributed by atoms with Gasteiger partial charge in [0.15, 0.2) is 11.5 Å². The van der Waals surface area contributed by atoms with Crippen LogP contribution in [0.15, 0.2) is 24.3 Å². The Labute approximate surface area is 142 Å². The molecule has 1 heterocycles. The van der Waals surface area contributed by atoms with Crippen LogP contribution in [-0.4, -0.2) is 18.9 Å². The van der Waals surface area contributed by atoms with Crippen molar-refractivity contribution in [2.75, 3.05) is 6.79 Å². The lowest BCUT2D eigenvalue weighted by Gasteiger charge is -2.38. The van der Waals surface area contributed by atoms with Crippen molar-refractivity contribution in [1.29, 1.82) is 0 Å². The molecule has 1 aliphatic heterocycles. The number of carbonyl (C=O) groups excluding carboxylic acids is 1. The minimum atomic E-state index is -0.262. The summed E-state index contributed by atoms with van der Waals surface area (Å²) in [6.45, 7) is 7.17. The zero-order valence-corrected chi connectivity index (χ0v) is 14.5. The van der Waals surface area contributed by atoms with E-state index in [0.29, 0.717) is 11.7 Å². The summed E-state index contributed by atoms with van der Waals surface area (Å²) in [7, 11) is 0. The van der Waals surface area contributed by atoms with Gasteiger partial charge >= 0.3 is 5.97 Å². The molecule has 1 aromatic carbocycles. The highest BCUT2D eigenvalue weighted by atomic mass is 16.7. The van der Waals surface area contributed by atoms with Crippen molar-refractivity contribution in [3.05, 3.63) is 29.8 Å². The van der Waals surface area contributed by atoms with Crippen molar-refractivity contribution < 1.29 is 19.0 Å². The number of rotatable bonds is 3. The Morgan fingerprint density at radius 3 is 2.75 bits per heavy atom. The third-order valence-corrected chi connectivity index (χ3v) is 6.78. The molecule has 0 saturated heterocycles. The van der Waals surface area contributed by atoms with Crippen LogP contribution in [0, 0.1) is 16.7 Å². The largest absolute Gasteiger partial charge is 0.459 e. The second kappa shape index (κ2) is 5.27. The monoisotopic (exact) mass is 328 g/mol. The number of ether oxygens (including phenoxy) is 3. The third kappa shape index (κ3) is 2.23. The average molecular weight is 328 g/mol. The first-order valence-electron chi connectivity index (χ1n) is 8.68. The molecule has 3 aliphatic rings. The van der Waals surface area contributed by atoms with E-state index in [1.165, 1.54) is 12.5 Å². The van der Waals surface area contributed by atoms with Crippen LogP contribution in [0.3, 0.4) is 0 Å². The van der Waals surface area contributed by atoms with Gasteiger partial charge in [-0.25, -0.2) is 4.79 Å².